The number of nitrogens with one attached hydrogen (secondary N) is 1. The maximum atomic E-state index is 11.7. The number of thioether (sulfide) groups is 1. The Morgan fingerprint density at radius 2 is 1.88 bits per heavy atom. The molecule has 0 bridgehead atoms. The summed E-state index contributed by atoms with van der Waals surface area (Å²) in [6.45, 7) is 3.59. The van der Waals surface area contributed by atoms with Gasteiger partial charge in [0.05, 0.1) is 5.75 Å². The molecule has 0 aromatic heterocycles. The molecule has 0 unspecified atom stereocenters. The van der Waals surface area contributed by atoms with E-state index in [-0.39, 0.29) is 5.75 Å². The zero-order chi connectivity index (χ0) is 18.9. The zero-order valence-electron chi connectivity index (χ0n) is 15.8. The summed E-state index contributed by atoms with van der Waals surface area (Å²) in [5, 5.41) is 3.29. The smallest absolute Gasteiger partial charge is 0.213 e. The summed E-state index contributed by atoms with van der Waals surface area (Å²) in [4.78, 5) is 7.60. The van der Waals surface area contributed by atoms with Gasteiger partial charge in [0.15, 0.2) is 5.96 Å². The first kappa shape index (κ1) is 21.8. The summed E-state index contributed by atoms with van der Waals surface area (Å²) < 4.78 is 24.8. The first-order valence-electron chi connectivity index (χ1n) is 8.32. The largest absolute Gasteiger partial charge is 0.356 e. The number of guanidine groups is 1. The standard InChI is InChI=1S/C17H30N4O2S2/c1-6-25(22,23)21(4)13-7-12-19-17(18-2)20(3)14-15-8-10-16(24-5)11-9-15/h8-11H,6-7,12-14H2,1-5H3,(H,18,19). The van der Waals surface area contributed by atoms with E-state index in [2.05, 4.69) is 45.7 Å². The lowest BCUT2D eigenvalue weighted by molar-refractivity contribution is 0.450. The fourth-order valence-corrected chi connectivity index (χ4v) is 3.58. The number of hydrogen-bond donors (Lipinski definition) is 1. The Kier molecular flexibility index (Phi) is 9.31. The lowest BCUT2D eigenvalue weighted by Crippen LogP contribution is -2.40. The monoisotopic (exact) mass is 386 g/mol. The van der Waals surface area contributed by atoms with Gasteiger partial charge in [-0.05, 0) is 37.3 Å². The third kappa shape index (κ3) is 7.25. The van der Waals surface area contributed by atoms with Crippen LogP contribution in [0, 0.1) is 0 Å². The van der Waals surface area contributed by atoms with Crippen LogP contribution in [0.2, 0.25) is 0 Å². The molecule has 0 aliphatic carbocycles. The molecule has 0 aliphatic rings. The maximum absolute atomic E-state index is 11.7. The summed E-state index contributed by atoms with van der Waals surface area (Å²) >= 11 is 1.73. The van der Waals surface area contributed by atoms with Crippen LogP contribution in [0.1, 0.15) is 18.9 Å². The van der Waals surface area contributed by atoms with Gasteiger partial charge in [-0.2, -0.15) is 0 Å². The van der Waals surface area contributed by atoms with Gasteiger partial charge in [0, 0.05) is 45.7 Å². The van der Waals surface area contributed by atoms with Crippen molar-refractivity contribution in [3.63, 3.8) is 0 Å². The fraction of sp³-hybridized carbons (Fsp3) is 0.588. The topological polar surface area (TPSA) is 65.0 Å². The molecule has 0 aliphatic heterocycles. The molecule has 8 heteroatoms. The number of rotatable bonds is 9. The number of hydrogen-bond acceptors (Lipinski definition) is 4. The second-order valence-electron chi connectivity index (χ2n) is 5.75. The van der Waals surface area contributed by atoms with Crippen molar-refractivity contribution in [3.05, 3.63) is 29.8 Å². The first-order valence-corrected chi connectivity index (χ1v) is 11.2. The van der Waals surface area contributed by atoms with Crippen LogP contribution >= 0.6 is 11.8 Å². The van der Waals surface area contributed by atoms with E-state index in [1.807, 2.05) is 7.05 Å². The molecule has 0 amide bonds. The molecular weight excluding hydrogens is 356 g/mol. The van der Waals surface area contributed by atoms with Crippen LogP contribution < -0.4 is 5.32 Å². The number of aliphatic imine (C=N–C) groups is 1. The van der Waals surface area contributed by atoms with Gasteiger partial charge in [-0.3, -0.25) is 4.99 Å². The van der Waals surface area contributed by atoms with Crippen molar-refractivity contribution in [2.45, 2.75) is 24.8 Å². The van der Waals surface area contributed by atoms with E-state index in [4.69, 9.17) is 0 Å². The first-order chi connectivity index (χ1) is 11.8. The Hall–Kier alpha value is -1.25. The van der Waals surface area contributed by atoms with Crippen LogP contribution in [0.4, 0.5) is 0 Å². The van der Waals surface area contributed by atoms with E-state index in [1.54, 1.807) is 32.8 Å². The molecule has 6 nitrogen and oxygen atoms in total. The predicted molar refractivity (Wildman–Crippen MR) is 108 cm³/mol. The lowest BCUT2D eigenvalue weighted by atomic mass is 10.2. The molecule has 0 saturated heterocycles. The highest BCUT2D eigenvalue weighted by molar-refractivity contribution is 7.98. The predicted octanol–water partition coefficient (Wildman–Crippen LogP) is 2.09. The summed E-state index contributed by atoms with van der Waals surface area (Å²) in [6.07, 6.45) is 2.79. The van der Waals surface area contributed by atoms with Crippen molar-refractivity contribution in [1.29, 1.82) is 0 Å². The molecule has 0 spiro atoms. The van der Waals surface area contributed by atoms with Gasteiger partial charge < -0.3 is 10.2 Å². The third-order valence-corrected chi connectivity index (χ3v) is 6.53. The lowest BCUT2D eigenvalue weighted by Gasteiger charge is -2.23. The second-order valence-corrected chi connectivity index (χ2v) is 9.00. The van der Waals surface area contributed by atoms with Crippen molar-refractivity contribution in [1.82, 2.24) is 14.5 Å². The minimum atomic E-state index is -3.10. The van der Waals surface area contributed by atoms with E-state index in [9.17, 15) is 8.42 Å². The summed E-state index contributed by atoms with van der Waals surface area (Å²) in [5.41, 5.74) is 1.22. The average Bonchev–Trinajstić information content (AvgIpc) is 2.61. The van der Waals surface area contributed by atoms with Crippen LogP contribution in [0.15, 0.2) is 34.2 Å². The molecule has 0 fully saturated rings. The summed E-state index contributed by atoms with van der Waals surface area (Å²) in [5.74, 6) is 0.936. The number of nitrogens with zero attached hydrogens (tertiary/aromatic N) is 3. The van der Waals surface area contributed by atoms with Gasteiger partial charge in [-0.15, -0.1) is 11.8 Å². The minimum Gasteiger partial charge on any atom is -0.356 e. The molecule has 0 atom stereocenters. The minimum absolute atomic E-state index is 0.136. The van der Waals surface area contributed by atoms with Crippen molar-refractivity contribution >= 4 is 27.7 Å². The Morgan fingerprint density at radius 1 is 1.24 bits per heavy atom. The third-order valence-electron chi connectivity index (χ3n) is 3.92. The molecule has 1 aromatic carbocycles. The Bertz CT molecular complexity index is 645. The van der Waals surface area contributed by atoms with Gasteiger partial charge >= 0.3 is 0 Å². The van der Waals surface area contributed by atoms with Crippen LogP contribution in [0.5, 0.6) is 0 Å². The van der Waals surface area contributed by atoms with Gasteiger partial charge in [-0.1, -0.05) is 12.1 Å². The maximum Gasteiger partial charge on any atom is 0.213 e. The van der Waals surface area contributed by atoms with Crippen molar-refractivity contribution < 1.29 is 8.42 Å². The van der Waals surface area contributed by atoms with Crippen LogP contribution in [-0.2, 0) is 16.6 Å². The zero-order valence-corrected chi connectivity index (χ0v) is 17.5. The molecule has 1 N–H and O–H groups in total. The Morgan fingerprint density at radius 3 is 2.40 bits per heavy atom. The van der Waals surface area contributed by atoms with E-state index < -0.39 is 10.0 Å². The van der Waals surface area contributed by atoms with Gasteiger partial charge in [-0.25, -0.2) is 12.7 Å². The highest BCUT2D eigenvalue weighted by Crippen LogP contribution is 2.15. The molecular formula is C17H30N4O2S2. The number of benzene rings is 1. The van der Waals surface area contributed by atoms with E-state index in [1.165, 1.54) is 14.8 Å². The molecule has 25 heavy (non-hydrogen) atoms. The quantitative estimate of drug-likeness (QED) is 0.305. The van der Waals surface area contributed by atoms with Crippen molar-refractivity contribution in [3.8, 4) is 0 Å². The summed E-state index contributed by atoms with van der Waals surface area (Å²) in [7, 11) is 2.26. The molecule has 0 heterocycles. The average molecular weight is 387 g/mol. The molecule has 1 rings (SSSR count). The van der Waals surface area contributed by atoms with Gasteiger partial charge in [0.1, 0.15) is 0 Å². The van der Waals surface area contributed by atoms with E-state index in [0.29, 0.717) is 13.1 Å². The molecule has 0 radical (unpaired) electrons. The van der Waals surface area contributed by atoms with E-state index >= 15 is 0 Å². The Labute approximate surface area is 156 Å². The van der Waals surface area contributed by atoms with Crippen LogP contribution in [-0.4, -0.2) is 69.8 Å². The van der Waals surface area contributed by atoms with Crippen LogP contribution in [0.25, 0.3) is 0 Å². The van der Waals surface area contributed by atoms with Crippen molar-refractivity contribution in [2.24, 2.45) is 4.99 Å². The number of sulfonamides is 1. The highest BCUT2D eigenvalue weighted by Gasteiger charge is 2.14. The second kappa shape index (κ2) is 10.7. The normalized spacial score (nSPS) is 12.5. The fourth-order valence-electron chi connectivity index (χ4n) is 2.33. The summed E-state index contributed by atoms with van der Waals surface area (Å²) in [6, 6.07) is 8.49. The van der Waals surface area contributed by atoms with Gasteiger partial charge in [0.25, 0.3) is 0 Å². The SMILES string of the molecule is CCS(=O)(=O)N(C)CCCNC(=NC)N(C)Cc1ccc(SC)cc1. The molecule has 142 valence electrons. The van der Waals surface area contributed by atoms with E-state index in [0.717, 1.165) is 18.9 Å². The van der Waals surface area contributed by atoms with Crippen LogP contribution in [0.3, 0.4) is 0 Å². The van der Waals surface area contributed by atoms with Crippen molar-refractivity contribution in [2.75, 3.05) is 46.2 Å². The van der Waals surface area contributed by atoms with Gasteiger partial charge in [0.2, 0.25) is 10.0 Å². The Balaban J connectivity index is 2.45. The molecule has 0 saturated carbocycles. The molecule has 1 aromatic rings. The highest BCUT2D eigenvalue weighted by atomic mass is 32.2.